The van der Waals surface area contributed by atoms with Gasteiger partial charge in [0.2, 0.25) is 6.41 Å². The third-order valence-corrected chi connectivity index (χ3v) is 7.04. The van der Waals surface area contributed by atoms with Gasteiger partial charge in [0.15, 0.2) is 0 Å². The Morgan fingerprint density at radius 1 is 1.16 bits per heavy atom. The van der Waals surface area contributed by atoms with E-state index in [1.54, 1.807) is 12.1 Å². The number of amides is 1. The normalized spacial score (nSPS) is 16.2. The number of para-hydroxylation sites is 1. The SMILES string of the molecule is C/C=C\CCCC.CC(NC=O)C(=O)Oc1ccccc1CO[N+](=O)[O-].CC1CCCC1/C=C/CCOc1cccc(Cl)c1. The number of hydrogen-bond acceptors (Lipinski definition) is 7. The zero-order valence-electron chi connectivity index (χ0n) is 26.3. The van der Waals surface area contributed by atoms with Crippen molar-refractivity contribution < 1.29 is 29.0 Å². The molecular formula is C34H47ClN2O7. The van der Waals surface area contributed by atoms with Crippen molar-refractivity contribution in [2.24, 2.45) is 11.8 Å². The average molecular weight is 631 g/mol. The lowest BCUT2D eigenvalue weighted by atomic mass is 9.97. The van der Waals surface area contributed by atoms with Crippen LogP contribution in [0.2, 0.25) is 5.02 Å². The Balaban J connectivity index is 0.000000364. The third-order valence-electron chi connectivity index (χ3n) is 6.80. The van der Waals surface area contributed by atoms with Gasteiger partial charge in [0.1, 0.15) is 24.1 Å². The summed E-state index contributed by atoms with van der Waals surface area (Å²) in [5, 5.41) is 12.2. The quantitative estimate of drug-likeness (QED) is 0.0400. The van der Waals surface area contributed by atoms with Gasteiger partial charge in [-0.1, -0.05) is 99.7 Å². The maximum Gasteiger partial charge on any atom is 0.333 e. The van der Waals surface area contributed by atoms with Crippen LogP contribution in [-0.4, -0.2) is 30.1 Å². The zero-order valence-corrected chi connectivity index (χ0v) is 27.0. The summed E-state index contributed by atoms with van der Waals surface area (Å²) in [4.78, 5) is 36.1. The molecule has 0 radical (unpaired) electrons. The molecule has 2 aromatic rings. The first-order chi connectivity index (χ1) is 21.2. The summed E-state index contributed by atoms with van der Waals surface area (Å²) in [6.45, 7) is 8.47. The highest BCUT2D eigenvalue weighted by atomic mass is 35.5. The maximum absolute atomic E-state index is 11.6. The number of esters is 1. The van der Waals surface area contributed by atoms with Gasteiger partial charge < -0.3 is 19.6 Å². The van der Waals surface area contributed by atoms with Crippen LogP contribution < -0.4 is 14.8 Å². The number of carbonyl (C=O) groups is 2. The summed E-state index contributed by atoms with van der Waals surface area (Å²) in [6.07, 6.45) is 18.3. The molecule has 10 heteroatoms. The highest BCUT2D eigenvalue weighted by Crippen LogP contribution is 2.32. The fraction of sp³-hybridized carbons (Fsp3) is 0.471. The Morgan fingerprint density at radius 3 is 2.57 bits per heavy atom. The number of carbonyl (C=O) groups excluding carboxylic acids is 2. The summed E-state index contributed by atoms with van der Waals surface area (Å²) < 4.78 is 10.7. The summed E-state index contributed by atoms with van der Waals surface area (Å²) >= 11 is 5.89. The van der Waals surface area contributed by atoms with E-state index in [4.69, 9.17) is 21.1 Å². The van der Waals surface area contributed by atoms with E-state index < -0.39 is 17.1 Å². The number of unbranched alkanes of at least 4 members (excludes halogenated alkanes) is 2. The topological polar surface area (TPSA) is 117 Å². The average Bonchev–Trinajstić information content (AvgIpc) is 3.42. The van der Waals surface area contributed by atoms with Crippen LogP contribution in [-0.2, 0) is 21.0 Å². The molecule has 0 saturated heterocycles. The minimum atomic E-state index is -0.935. The third kappa shape index (κ3) is 17.3. The van der Waals surface area contributed by atoms with E-state index in [9.17, 15) is 19.7 Å². The first-order valence-corrected chi connectivity index (χ1v) is 15.5. The van der Waals surface area contributed by atoms with Crippen molar-refractivity contribution in [1.29, 1.82) is 0 Å². The van der Waals surface area contributed by atoms with Crippen LogP contribution in [0, 0.1) is 22.0 Å². The molecule has 0 aliphatic heterocycles. The molecule has 9 nitrogen and oxygen atoms in total. The van der Waals surface area contributed by atoms with E-state index in [0.717, 1.165) is 35.6 Å². The minimum absolute atomic E-state index is 0.147. The van der Waals surface area contributed by atoms with Crippen molar-refractivity contribution in [3.05, 3.63) is 93.5 Å². The molecule has 44 heavy (non-hydrogen) atoms. The number of benzene rings is 2. The Labute approximate surface area is 266 Å². The number of rotatable bonds is 15. The van der Waals surface area contributed by atoms with Gasteiger partial charge in [-0.2, -0.15) is 0 Å². The Hall–Kier alpha value is -3.85. The second-order valence-electron chi connectivity index (χ2n) is 10.3. The summed E-state index contributed by atoms with van der Waals surface area (Å²) in [5.74, 6) is 1.96. The highest BCUT2D eigenvalue weighted by Gasteiger charge is 2.20. The van der Waals surface area contributed by atoms with Gasteiger partial charge in [0, 0.05) is 10.6 Å². The molecule has 0 heterocycles. The van der Waals surface area contributed by atoms with Crippen LogP contribution in [0.1, 0.15) is 78.2 Å². The molecular weight excluding hydrogens is 584 g/mol. The van der Waals surface area contributed by atoms with Crippen LogP contribution in [0.5, 0.6) is 11.5 Å². The van der Waals surface area contributed by atoms with Gasteiger partial charge in [-0.25, -0.2) is 4.79 Å². The van der Waals surface area contributed by atoms with Crippen molar-refractivity contribution in [2.75, 3.05) is 6.61 Å². The molecule has 3 unspecified atom stereocenters. The number of nitrogens with one attached hydrogen (secondary N) is 1. The summed E-state index contributed by atoms with van der Waals surface area (Å²) in [7, 11) is 0. The van der Waals surface area contributed by atoms with Crippen molar-refractivity contribution in [3.8, 4) is 11.5 Å². The van der Waals surface area contributed by atoms with Gasteiger partial charge >= 0.3 is 5.97 Å². The van der Waals surface area contributed by atoms with Crippen molar-refractivity contribution in [3.63, 3.8) is 0 Å². The molecule has 0 bridgehead atoms. The first-order valence-electron chi connectivity index (χ1n) is 15.1. The van der Waals surface area contributed by atoms with Gasteiger partial charge in [-0.05, 0) is 69.2 Å². The fourth-order valence-electron chi connectivity index (χ4n) is 4.23. The van der Waals surface area contributed by atoms with Crippen molar-refractivity contribution >= 4 is 24.0 Å². The lowest BCUT2D eigenvalue weighted by Crippen LogP contribution is -2.36. The number of allylic oxidation sites excluding steroid dienone is 3. The molecule has 1 N–H and O–H groups in total. The van der Waals surface area contributed by atoms with E-state index in [0.29, 0.717) is 12.0 Å². The molecule has 3 atom stereocenters. The van der Waals surface area contributed by atoms with E-state index in [1.807, 2.05) is 24.3 Å². The van der Waals surface area contributed by atoms with Gasteiger partial charge in [-0.15, -0.1) is 10.1 Å². The number of ether oxygens (including phenoxy) is 2. The van der Waals surface area contributed by atoms with Crippen molar-refractivity contribution in [2.45, 2.75) is 85.3 Å². The second-order valence-corrected chi connectivity index (χ2v) is 10.8. The first kappa shape index (κ1) is 38.2. The number of nitrogens with zero attached hydrogens (tertiary/aromatic N) is 1. The molecule has 0 aromatic heterocycles. The van der Waals surface area contributed by atoms with E-state index in [2.05, 4.69) is 55.2 Å². The van der Waals surface area contributed by atoms with E-state index in [1.165, 1.54) is 57.6 Å². The summed E-state index contributed by atoms with van der Waals surface area (Å²) in [5.41, 5.74) is 0.353. The minimum Gasteiger partial charge on any atom is -0.493 e. The standard InChI is InChI=1S/C16H21ClO.C11H12N2O6.C7H14/c1-13-6-4-8-14(13)7-2-3-11-18-16-10-5-9-15(17)12-16;1-8(12-7-14)11(15)19-10-5-3-2-4-9(10)6-18-13(16)17;1-3-5-7-6-4-2/h2,5,7,9-10,12-14H,3-4,6,8,11H2,1H3;2-5,7-8H,6H2,1H3,(H,12,14);3,5H,4,6-7H2,1-2H3/b7-2+;;5-3-. The van der Waals surface area contributed by atoms with Gasteiger partial charge in [-0.3, -0.25) is 4.79 Å². The molecule has 1 saturated carbocycles. The number of hydrogen-bond donors (Lipinski definition) is 1. The lowest BCUT2D eigenvalue weighted by Gasteiger charge is -2.12. The fourth-order valence-corrected chi connectivity index (χ4v) is 4.41. The van der Waals surface area contributed by atoms with Crippen LogP contribution in [0.4, 0.5) is 0 Å². The number of halogens is 1. The predicted octanol–water partition coefficient (Wildman–Crippen LogP) is 8.29. The second kappa shape index (κ2) is 23.6. The molecule has 1 aliphatic carbocycles. The Kier molecular flexibility index (Phi) is 20.5. The van der Waals surface area contributed by atoms with Gasteiger partial charge in [0.25, 0.3) is 5.09 Å². The zero-order chi connectivity index (χ0) is 32.6. The van der Waals surface area contributed by atoms with Crippen LogP contribution in [0.25, 0.3) is 0 Å². The Morgan fingerprint density at radius 2 is 1.93 bits per heavy atom. The van der Waals surface area contributed by atoms with Gasteiger partial charge in [0.05, 0.1) is 6.61 Å². The predicted molar refractivity (Wildman–Crippen MR) is 174 cm³/mol. The maximum atomic E-state index is 11.6. The Bertz CT molecular complexity index is 1170. The van der Waals surface area contributed by atoms with Crippen LogP contribution >= 0.6 is 11.6 Å². The summed E-state index contributed by atoms with van der Waals surface area (Å²) in [6, 6.07) is 13.0. The molecule has 1 aliphatic rings. The van der Waals surface area contributed by atoms with Crippen molar-refractivity contribution in [1.82, 2.24) is 5.32 Å². The molecule has 0 spiro atoms. The van der Waals surface area contributed by atoms with E-state index in [-0.39, 0.29) is 12.4 Å². The largest absolute Gasteiger partial charge is 0.493 e. The lowest BCUT2D eigenvalue weighted by molar-refractivity contribution is -0.763. The molecule has 242 valence electrons. The van der Waals surface area contributed by atoms with Crippen LogP contribution in [0.15, 0.2) is 72.8 Å². The monoisotopic (exact) mass is 630 g/mol. The van der Waals surface area contributed by atoms with E-state index >= 15 is 0 Å². The van der Waals surface area contributed by atoms with Crippen LogP contribution in [0.3, 0.4) is 0 Å². The molecule has 1 amide bonds. The molecule has 2 aromatic carbocycles. The molecule has 1 fully saturated rings. The smallest absolute Gasteiger partial charge is 0.333 e. The highest BCUT2D eigenvalue weighted by molar-refractivity contribution is 6.30. The molecule has 3 rings (SSSR count).